The Morgan fingerprint density at radius 2 is 2.14 bits per heavy atom. The van der Waals surface area contributed by atoms with E-state index in [0.717, 1.165) is 4.68 Å². The summed E-state index contributed by atoms with van der Waals surface area (Å²) in [5.74, 6) is 0. The minimum absolute atomic E-state index is 0.109. The fourth-order valence-corrected chi connectivity index (χ4v) is 1.95. The monoisotopic (exact) mass is 307 g/mol. The van der Waals surface area contributed by atoms with Crippen molar-refractivity contribution >= 4 is 22.5 Å². The van der Waals surface area contributed by atoms with Crippen LogP contribution in [0.1, 0.15) is 17.3 Å². The molecule has 0 saturated heterocycles. The molecule has 108 valence electrons. The molecular weight excluding hydrogens is 298 g/mol. The number of carbonyl (C=O) groups is 1. The molecule has 7 nitrogen and oxygen atoms in total. The van der Waals surface area contributed by atoms with Crippen molar-refractivity contribution in [2.45, 2.75) is 13.5 Å². The summed E-state index contributed by atoms with van der Waals surface area (Å²) in [6, 6.07) is 6.99. The van der Waals surface area contributed by atoms with Gasteiger partial charge in [-0.05, 0) is 24.6 Å². The molecule has 2 aromatic rings. The van der Waals surface area contributed by atoms with Gasteiger partial charge in [-0.1, -0.05) is 12.1 Å². The third-order valence-corrected chi connectivity index (χ3v) is 3.04. The van der Waals surface area contributed by atoms with Crippen molar-refractivity contribution in [1.29, 1.82) is 0 Å². The Morgan fingerprint density at radius 1 is 1.43 bits per heavy atom. The third kappa shape index (κ3) is 2.97. The average Bonchev–Trinajstić information content (AvgIpc) is 2.47. The van der Waals surface area contributed by atoms with Gasteiger partial charge < -0.3 is 0 Å². The highest BCUT2D eigenvalue weighted by atomic mass is 35.5. The van der Waals surface area contributed by atoms with Gasteiger partial charge in [-0.3, -0.25) is 19.7 Å². The van der Waals surface area contributed by atoms with Gasteiger partial charge in [-0.2, -0.15) is 5.10 Å². The van der Waals surface area contributed by atoms with Crippen LogP contribution in [0.15, 0.2) is 35.1 Å². The minimum atomic E-state index is -0.892. The first kappa shape index (κ1) is 14.9. The third-order valence-electron chi connectivity index (χ3n) is 2.84. The molecule has 1 aromatic heterocycles. The van der Waals surface area contributed by atoms with Crippen molar-refractivity contribution in [1.82, 2.24) is 9.78 Å². The number of halogens is 1. The Kier molecular flexibility index (Phi) is 4.13. The molecule has 0 amide bonds. The maximum Gasteiger partial charge on any atom is 0.278 e. The molecule has 0 N–H and O–H groups in total. The van der Waals surface area contributed by atoms with E-state index >= 15 is 0 Å². The Hall–Kier alpha value is -2.54. The van der Waals surface area contributed by atoms with Gasteiger partial charge in [0.1, 0.15) is 5.56 Å². The molecule has 2 rings (SSSR count). The lowest BCUT2D eigenvalue weighted by Gasteiger charge is -2.07. The number of hydrogen-bond acceptors (Lipinski definition) is 5. The zero-order chi connectivity index (χ0) is 15.6. The van der Waals surface area contributed by atoms with Crippen LogP contribution in [0.2, 0.25) is 0 Å². The normalized spacial score (nSPS) is 10.4. The van der Waals surface area contributed by atoms with Crippen LogP contribution in [0, 0.1) is 10.1 Å². The smallest absolute Gasteiger partial charge is 0.275 e. The fourth-order valence-electron chi connectivity index (χ4n) is 1.82. The summed E-state index contributed by atoms with van der Waals surface area (Å²) in [5, 5.41) is 14.0. The van der Waals surface area contributed by atoms with E-state index in [1.54, 1.807) is 13.0 Å². The molecule has 0 spiro atoms. The number of aromatic nitrogens is 2. The summed E-state index contributed by atoms with van der Waals surface area (Å²) in [5.41, 5.74) is -0.223. The first-order valence-electron chi connectivity index (χ1n) is 6.01. The van der Waals surface area contributed by atoms with Crippen LogP contribution in [-0.2, 0) is 6.54 Å². The molecule has 0 aliphatic rings. The summed E-state index contributed by atoms with van der Waals surface area (Å²) in [7, 11) is 0. The van der Waals surface area contributed by atoms with E-state index in [-0.39, 0.29) is 23.5 Å². The number of carbonyl (C=O) groups excluding carboxylic acids is 1. The molecule has 0 fully saturated rings. The number of non-ortho nitro benzene ring substituents is 1. The molecular formula is C13H10ClN3O4. The van der Waals surface area contributed by atoms with E-state index in [4.69, 9.17) is 11.6 Å². The van der Waals surface area contributed by atoms with Gasteiger partial charge in [0.15, 0.2) is 0 Å². The SMILES string of the molecule is CCn1nc(-c2cccc([N+](=O)[O-])c2)cc(C(=O)Cl)c1=O. The molecule has 0 aliphatic carbocycles. The topological polar surface area (TPSA) is 95.1 Å². The van der Waals surface area contributed by atoms with Crippen molar-refractivity contribution in [2.24, 2.45) is 0 Å². The fraction of sp³-hybridized carbons (Fsp3) is 0.154. The highest BCUT2D eigenvalue weighted by molar-refractivity contribution is 6.67. The number of nitro groups is 1. The van der Waals surface area contributed by atoms with Gasteiger partial charge in [-0.25, -0.2) is 4.68 Å². The molecule has 0 atom stereocenters. The molecule has 21 heavy (non-hydrogen) atoms. The summed E-state index contributed by atoms with van der Waals surface area (Å²) in [6.45, 7) is 1.94. The van der Waals surface area contributed by atoms with Crippen molar-refractivity contribution in [3.63, 3.8) is 0 Å². The van der Waals surface area contributed by atoms with Gasteiger partial charge in [0.2, 0.25) is 0 Å². The van der Waals surface area contributed by atoms with Gasteiger partial charge >= 0.3 is 0 Å². The highest BCUT2D eigenvalue weighted by Gasteiger charge is 2.15. The van der Waals surface area contributed by atoms with Crippen LogP contribution in [0.4, 0.5) is 5.69 Å². The number of benzene rings is 1. The van der Waals surface area contributed by atoms with E-state index in [1.165, 1.54) is 24.3 Å². The lowest BCUT2D eigenvalue weighted by molar-refractivity contribution is -0.384. The molecule has 0 aliphatic heterocycles. The first-order chi connectivity index (χ1) is 9.93. The Bertz CT molecular complexity index is 785. The van der Waals surface area contributed by atoms with Crippen molar-refractivity contribution < 1.29 is 9.72 Å². The first-order valence-corrected chi connectivity index (χ1v) is 6.38. The summed E-state index contributed by atoms with van der Waals surface area (Å²) < 4.78 is 1.09. The molecule has 8 heteroatoms. The lowest BCUT2D eigenvalue weighted by Crippen LogP contribution is -2.27. The van der Waals surface area contributed by atoms with Crippen LogP contribution < -0.4 is 5.56 Å². The Balaban J connectivity index is 2.66. The van der Waals surface area contributed by atoms with Crippen LogP contribution in [-0.4, -0.2) is 19.9 Å². The van der Waals surface area contributed by atoms with Crippen molar-refractivity contribution in [3.05, 3.63) is 56.4 Å². The predicted molar refractivity (Wildman–Crippen MR) is 76.4 cm³/mol. The van der Waals surface area contributed by atoms with Crippen LogP contribution in [0.5, 0.6) is 0 Å². The van der Waals surface area contributed by atoms with E-state index in [9.17, 15) is 19.7 Å². The highest BCUT2D eigenvalue weighted by Crippen LogP contribution is 2.22. The molecule has 0 saturated carbocycles. The standard InChI is InChI=1S/C13H10ClN3O4/c1-2-16-13(19)10(12(14)18)7-11(15-16)8-4-3-5-9(6-8)17(20)21/h3-7H,2H2,1H3. The molecule has 1 heterocycles. The maximum atomic E-state index is 11.9. The number of rotatable bonds is 4. The number of nitrogens with zero attached hydrogens (tertiary/aromatic N) is 3. The number of aryl methyl sites for hydroxylation is 1. The second kappa shape index (κ2) is 5.84. The molecule has 0 radical (unpaired) electrons. The quantitative estimate of drug-likeness (QED) is 0.490. The van der Waals surface area contributed by atoms with Crippen LogP contribution in [0.25, 0.3) is 11.3 Å². The molecule has 0 bridgehead atoms. The van der Waals surface area contributed by atoms with E-state index in [1.807, 2.05) is 0 Å². The van der Waals surface area contributed by atoms with Crippen molar-refractivity contribution in [2.75, 3.05) is 0 Å². The minimum Gasteiger partial charge on any atom is -0.275 e. The van der Waals surface area contributed by atoms with Crippen LogP contribution >= 0.6 is 11.6 Å². The number of hydrogen-bond donors (Lipinski definition) is 0. The number of nitro benzene ring substituents is 1. The zero-order valence-electron chi connectivity index (χ0n) is 10.9. The van der Waals surface area contributed by atoms with Gasteiger partial charge in [0.25, 0.3) is 16.5 Å². The molecule has 0 unspecified atom stereocenters. The van der Waals surface area contributed by atoms with Gasteiger partial charge in [0.05, 0.1) is 10.6 Å². The second-order valence-corrected chi connectivity index (χ2v) is 4.49. The van der Waals surface area contributed by atoms with E-state index in [0.29, 0.717) is 5.56 Å². The van der Waals surface area contributed by atoms with Gasteiger partial charge in [-0.15, -0.1) is 0 Å². The second-order valence-electron chi connectivity index (χ2n) is 4.15. The molecule has 1 aromatic carbocycles. The Morgan fingerprint density at radius 3 is 2.71 bits per heavy atom. The van der Waals surface area contributed by atoms with Gasteiger partial charge in [0, 0.05) is 24.2 Å². The zero-order valence-corrected chi connectivity index (χ0v) is 11.7. The Labute approximate surface area is 123 Å². The van der Waals surface area contributed by atoms with E-state index < -0.39 is 15.7 Å². The lowest BCUT2D eigenvalue weighted by atomic mass is 10.1. The summed E-state index contributed by atoms with van der Waals surface area (Å²) in [6.07, 6.45) is 0. The van der Waals surface area contributed by atoms with E-state index in [2.05, 4.69) is 5.10 Å². The maximum absolute atomic E-state index is 11.9. The van der Waals surface area contributed by atoms with Crippen LogP contribution in [0.3, 0.4) is 0 Å². The van der Waals surface area contributed by atoms with Crippen molar-refractivity contribution in [3.8, 4) is 11.3 Å². The summed E-state index contributed by atoms with van der Waals surface area (Å²) >= 11 is 5.39. The largest absolute Gasteiger partial charge is 0.278 e. The predicted octanol–water partition coefficient (Wildman–Crippen LogP) is 2.22. The summed E-state index contributed by atoms with van der Waals surface area (Å²) in [4.78, 5) is 33.5. The average molecular weight is 308 g/mol.